The smallest absolute Gasteiger partial charge is 0.171 e. The Morgan fingerprint density at radius 3 is 2.59 bits per heavy atom. The minimum Gasteiger partial charge on any atom is -0.378 e. The molecule has 0 spiro atoms. The average Bonchev–Trinajstić information content (AvgIpc) is 2.28. The lowest BCUT2D eigenvalue weighted by molar-refractivity contribution is -0.232. The first kappa shape index (κ1) is 13.0. The highest BCUT2D eigenvalue weighted by Gasteiger charge is 2.26. The third-order valence-corrected chi connectivity index (χ3v) is 3.28. The normalized spacial score (nSPS) is 34.5. The molecule has 0 aromatic heterocycles. The molecule has 0 unspecified atom stereocenters. The Hall–Kier alpha value is -0.430. The molecule has 0 saturated carbocycles. The Balaban J connectivity index is 1.80. The van der Waals surface area contributed by atoms with Crippen LogP contribution in [0.5, 0.6) is 0 Å². The zero-order chi connectivity index (χ0) is 12.3. The van der Waals surface area contributed by atoms with E-state index in [0.29, 0.717) is 0 Å². The molecule has 2 heterocycles. The third-order valence-electron chi connectivity index (χ3n) is 2.91. The molecule has 2 aliphatic heterocycles. The van der Waals surface area contributed by atoms with Crippen molar-refractivity contribution >= 4 is 17.3 Å². The highest BCUT2D eigenvalue weighted by Crippen LogP contribution is 2.16. The van der Waals surface area contributed by atoms with Gasteiger partial charge in [-0.3, -0.25) is 0 Å². The maximum Gasteiger partial charge on any atom is 0.171 e. The third kappa shape index (κ3) is 3.77. The number of thiocarbonyl (C=S) groups is 1. The molecule has 3 atom stereocenters. The van der Waals surface area contributed by atoms with E-state index in [2.05, 4.69) is 10.2 Å². The summed E-state index contributed by atoms with van der Waals surface area (Å²) in [5.41, 5.74) is 0. The van der Waals surface area contributed by atoms with E-state index in [4.69, 9.17) is 26.4 Å². The zero-order valence-corrected chi connectivity index (χ0v) is 11.2. The van der Waals surface area contributed by atoms with Gasteiger partial charge >= 0.3 is 0 Å². The van der Waals surface area contributed by atoms with Crippen LogP contribution in [0.4, 0.5) is 0 Å². The molecule has 2 rings (SSSR count). The summed E-state index contributed by atoms with van der Waals surface area (Å²) in [7, 11) is 0. The summed E-state index contributed by atoms with van der Waals surface area (Å²) in [5.74, 6) is 0. The Bertz CT molecular complexity index is 261. The van der Waals surface area contributed by atoms with Crippen LogP contribution in [0.2, 0.25) is 0 Å². The molecule has 2 fully saturated rings. The Morgan fingerprint density at radius 1 is 1.24 bits per heavy atom. The van der Waals surface area contributed by atoms with E-state index < -0.39 is 0 Å². The van der Waals surface area contributed by atoms with Crippen molar-refractivity contribution in [1.82, 2.24) is 10.2 Å². The molecular formula is C11H20N2O3S. The van der Waals surface area contributed by atoms with Crippen LogP contribution >= 0.6 is 12.2 Å². The van der Waals surface area contributed by atoms with Gasteiger partial charge in [-0.2, -0.15) is 0 Å². The van der Waals surface area contributed by atoms with Gasteiger partial charge in [0.1, 0.15) is 6.23 Å². The van der Waals surface area contributed by atoms with Crippen LogP contribution in [0, 0.1) is 0 Å². The predicted molar refractivity (Wildman–Crippen MR) is 67.6 cm³/mol. The lowest BCUT2D eigenvalue weighted by Gasteiger charge is -2.36. The lowest BCUT2D eigenvalue weighted by atomic mass is 10.2. The lowest BCUT2D eigenvalue weighted by Crippen LogP contribution is -2.52. The van der Waals surface area contributed by atoms with Crippen molar-refractivity contribution in [3.8, 4) is 0 Å². The van der Waals surface area contributed by atoms with Gasteiger partial charge < -0.3 is 24.4 Å². The fourth-order valence-corrected chi connectivity index (χ4v) is 2.41. The van der Waals surface area contributed by atoms with Gasteiger partial charge in [-0.05, 0) is 26.1 Å². The second-order valence-electron chi connectivity index (χ2n) is 4.42. The first-order chi connectivity index (χ1) is 8.15. The van der Waals surface area contributed by atoms with E-state index in [9.17, 15) is 0 Å². The number of morpholine rings is 1. The van der Waals surface area contributed by atoms with Crippen LogP contribution in [0.1, 0.15) is 20.3 Å². The van der Waals surface area contributed by atoms with Crippen molar-refractivity contribution in [3.05, 3.63) is 0 Å². The van der Waals surface area contributed by atoms with E-state index in [1.807, 2.05) is 13.8 Å². The standard InChI is InChI=1S/C11H20N2O3S/c1-8-7-10(16-9(2)15-8)12-11(17)13-3-5-14-6-4-13/h8-10H,3-7H2,1-2H3,(H,12,17)/t8-,9-,10-/m0/s1. The van der Waals surface area contributed by atoms with Crippen molar-refractivity contribution < 1.29 is 14.2 Å². The summed E-state index contributed by atoms with van der Waals surface area (Å²) in [6.45, 7) is 7.13. The van der Waals surface area contributed by atoms with Crippen molar-refractivity contribution in [2.24, 2.45) is 0 Å². The number of rotatable bonds is 1. The summed E-state index contributed by atoms with van der Waals surface area (Å²) >= 11 is 5.37. The Labute approximate surface area is 107 Å². The van der Waals surface area contributed by atoms with Crippen molar-refractivity contribution in [2.45, 2.75) is 38.9 Å². The van der Waals surface area contributed by atoms with Crippen LogP contribution in [0.3, 0.4) is 0 Å². The fraction of sp³-hybridized carbons (Fsp3) is 0.909. The summed E-state index contributed by atoms with van der Waals surface area (Å²) in [4.78, 5) is 2.12. The van der Waals surface area contributed by atoms with Gasteiger partial charge in [0.25, 0.3) is 0 Å². The van der Waals surface area contributed by atoms with Gasteiger partial charge in [0.2, 0.25) is 0 Å². The molecular weight excluding hydrogens is 240 g/mol. The fourth-order valence-electron chi connectivity index (χ4n) is 2.09. The highest BCUT2D eigenvalue weighted by molar-refractivity contribution is 7.80. The summed E-state index contributed by atoms with van der Waals surface area (Å²) in [6.07, 6.45) is 0.783. The molecule has 98 valence electrons. The number of hydrogen-bond acceptors (Lipinski definition) is 4. The van der Waals surface area contributed by atoms with Crippen LogP contribution in [-0.2, 0) is 14.2 Å². The molecule has 5 nitrogen and oxygen atoms in total. The van der Waals surface area contributed by atoms with Gasteiger partial charge in [0.15, 0.2) is 11.4 Å². The maximum atomic E-state index is 5.64. The van der Waals surface area contributed by atoms with Crippen LogP contribution < -0.4 is 5.32 Å². The average molecular weight is 260 g/mol. The van der Waals surface area contributed by atoms with Gasteiger partial charge in [-0.1, -0.05) is 0 Å². The largest absolute Gasteiger partial charge is 0.378 e. The van der Waals surface area contributed by atoms with Gasteiger partial charge in [0.05, 0.1) is 19.3 Å². The summed E-state index contributed by atoms with van der Waals surface area (Å²) in [5, 5.41) is 4.00. The second kappa shape index (κ2) is 5.95. The van der Waals surface area contributed by atoms with Gasteiger partial charge in [-0.25, -0.2) is 0 Å². The molecule has 2 aliphatic rings. The van der Waals surface area contributed by atoms with E-state index in [-0.39, 0.29) is 18.6 Å². The topological polar surface area (TPSA) is 43.0 Å². The molecule has 0 amide bonds. The minimum absolute atomic E-state index is 0.0518. The molecule has 0 aromatic carbocycles. The van der Waals surface area contributed by atoms with Crippen LogP contribution in [0.25, 0.3) is 0 Å². The molecule has 0 radical (unpaired) electrons. The van der Waals surface area contributed by atoms with Crippen molar-refractivity contribution in [2.75, 3.05) is 26.3 Å². The predicted octanol–water partition coefficient (Wildman–Crippen LogP) is 0.691. The summed E-state index contributed by atoms with van der Waals surface area (Å²) < 4.78 is 16.4. The van der Waals surface area contributed by atoms with Gasteiger partial charge in [-0.15, -0.1) is 0 Å². The quantitative estimate of drug-likeness (QED) is 0.700. The number of ether oxygens (including phenoxy) is 3. The Morgan fingerprint density at radius 2 is 1.94 bits per heavy atom. The minimum atomic E-state index is -0.177. The first-order valence-electron chi connectivity index (χ1n) is 6.09. The Kier molecular flexibility index (Phi) is 4.55. The maximum absolute atomic E-state index is 5.64. The number of hydrogen-bond donors (Lipinski definition) is 1. The molecule has 17 heavy (non-hydrogen) atoms. The number of nitrogens with zero attached hydrogens (tertiary/aromatic N) is 1. The van der Waals surface area contributed by atoms with E-state index in [0.717, 1.165) is 37.8 Å². The van der Waals surface area contributed by atoms with Gasteiger partial charge in [0, 0.05) is 19.5 Å². The first-order valence-corrected chi connectivity index (χ1v) is 6.50. The molecule has 6 heteroatoms. The molecule has 0 aliphatic carbocycles. The molecule has 2 saturated heterocycles. The van der Waals surface area contributed by atoms with Crippen LogP contribution in [0.15, 0.2) is 0 Å². The second-order valence-corrected chi connectivity index (χ2v) is 4.81. The number of nitrogens with one attached hydrogen (secondary N) is 1. The van der Waals surface area contributed by atoms with Crippen molar-refractivity contribution in [1.29, 1.82) is 0 Å². The van der Waals surface area contributed by atoms with E-state index in [1.165, 1.54) is 0 Å². The van der Waals surface area contributed by atoms with Crippen LogP contribution in [-0.4, -0.2) is 54.9 Å². The molecule has 0 aromatic rings. The summed E-state index contributed by atoms with van der Waals surface area (Å²) in [6, 6.07) is 0. The van der Waals surface area contributed by atoms with E-state index in [1.54, 1.807) is 0 Å². The monoisotopic (exact) mass is 260 g/mol. The molecule has 1 N–H and O–H groups in total. The highest BCUT2D eigenvalue weighted by atomic mass is 32.1. The van der Waals surface area contributed by atoms with E-state index >= 15 is 0 Å². The van der Waals surface area contributed by atoms with Crippen molar-refractivity contribution in [3.63, 3.8) is 0 Å². The zero-order valence-electron chi connectivity index (χ0n) is 10.3. The molecule has 0 bridgehead atoms. The SMILES string of the molecule is C[C@H]1O[C@@H](C)C[C@@H](NC(=S)N2CCOCC2)O1.